The van der Waals surface area contributed by atoms with Crippen LogP contribution in [0.25, 0.3) is 0 Å². The van der Waals surface area contributed by atoms with Crippen LogP contribution in [-0.4, -0.2) is 28.4 Å². The minimum absolute atomic E-state index is 0.00316. The van der Waals surface area contributed by atoms with E-state index in [9.17, 15) is 4.79 Å². The van der Waals surface area contributed by atoms with Crippen LogP contribution in [-0.2, 0) is 13.0 Å². The average Bonchev–Trinajstić information content (AvgIpc) is 3.01. The summed E-state index contributed by atoms with van der Waals surface area (Å²) in [5.41, 5.74) is 7.89. The fourth-order valence-corrected chi connectivity index (χ4v) is 3.36. The molecule has 6 heteroatoms. The van der Waals surface area contributed by atoms with E-state index >= 15 is 0 Å². The SMILES string of the molecule is N/C(=N\O)c1cccc(C(=O)N2CCc3sccc3C2)c1. The molecule has 3 rings (SSSR count). The molecule has 3 N–H and O–H groups in total. The molecule has 0 unspecified atom stereocenters. The molecule has 0 saturated heterocycles. The fraction of sp³-hybridized carbons (Fsp3) is 0.200. The average molecular weight is 301 g/mol. The third-order valence-corrected chi connectivity index (χ3v) is 4.63. The molecule has 1 aliphatic heterocycles. The number of amides is 1. The molecular weight excluding hydrogens is 286 g/mol. The Balaban J connectivity index is 1.83. The zero-order valence-corrected chi connectivity index (χ0v) is 12.1. The second kappa shape index (κ2) is 5.57. The first-order chi connectivity index (χ1) is 10.2. The van der Waals surface area contributed by atoms with Crippen LogP contribution < -0.4 is 5.73 Å². The molecule has 0 atom stereocenters. The maximum Gasteiger partial charge on any atom is 0.254 e. The van der Waals surface area contributed by atoms with Crippen molar-refractivity contribution < 1.29 is 10.0 Å². The topological polar surface area (TPSA) is 78.9 Å². The molecule has 0 fully saturated rings. The second-order valence-electron chi connectivity index (χ2n) is 4.91. The minimum Gasteiger partial charge on any atom is -0.409 e. The third-order valence-electron chi connectivity index (χ3n) is 3.61. The highest BCUT2D eigenvalue weighted by atomic mass is 32.1. The van der Waals surface area contributed by atoms with Crippen LogP contribution in [0, 0.1) is 0 Å². The van der Waals surface area contributed by atoms with E-state index in [1.807, 2.05) is 4.90 Å². The van der Waals surface area contributed by atoms with Crippen LogP contribution in [0.15, 0.2) is 40.9 Å². The van der Waals surface area contributed by atoms with Crippen molar-refractivity contribution in [2.45, 2.75) is 13.0 Å². The summed E-state index contributed by atoms with van der Waals surface area (Å²) in [6.45, 7) is 1.37. The Morgan fingerprint density at radius 2 is 2.14 bits per heavy atom. The molecule has 0 saturated carbocycles. The van der Waals surface area contributed by atoms with Crippen molar-refractivity contribution in [2.24, 2.45) is 10.9 Å². The van der Waals surface area contributed by atoms with Crippen LogP contribution in [0.3, 0.4) is 0 Å². The third kappa shape index (κ3) is 2.62. The van der Waals surface area contributed by atoms with Gasteiger partial charge in [-0.3, -0.25) is 4.79 Å². The van der Waals surface area contributed by atoms with Gasteiger partial charge in [0.25, 0.3) is 5.91 Å². The molecule has 0 spiro atoms. The molecule has 1 aromatic heterocycles. The first-order valence-electron chi connectivity index (χ1n) is 6.61. The lowest BCUT2D eigenvalue weighted by Gasteiger charge is -2.27. The summed E-state index contributed by atoms with van der Waals surface area (Å²) in [4.78, 5) is 15.8. The van der Waals surface area contributed by atoms with E-state index in [1.54, 1.807) is 35.6 Å². The van der Waals surface area contributed by atoms with E-state index in [-0.39, 0.29) is 11.7 Å². The van der Waals surface area contributed by atoms with Crippen LogP contribution >= 0.6 is 11.3 Å². The number of carbonyl (C=O) groups is 1. The lowest BCUT2D eigenvalue weighted by Crippen LogP contribution is -2.35. The summed E-state index contributed by atoms with van der Waals surface area (Å²) < 4.78 is 0. The highest BCUT2D eigenvalue weighted by Gasteiger charge is 2.22. The van der Waals surface area contributed by atoms with E-state index in [4.69, 9.17) is 10.9 Å². The number of thiophene rings is 1. The number of rotatable bonds is 2. The van der Waals surface area contributed by atoms with Gasteiger partial charge in [-0.1, -0.05) is 17.3 Å². The van der Waals surface area contributed by atoms with Gasteiger partial charge in [0.05, 0.1) is 0 Å². The molecule has 0 radical (unpaired) electrons. The van der Waals surface area contributed by atoms with E-state index in [0.29, 0.717) is 17.7 Å². The van der Waals surface area contributed by atoms with E-state index in [0.717, 1.165) is 13.0 Å². The van der Waals surface area contributed by atoms with Crippen LogP contribution in [0.1, 0.15) is 26.4 Å². The highest BCUT2D eigenvalue weighted by molar-refractivity contribution is 7.10. The summed E-state index contributed by atoms with van der Waals surface area (Å²) >= 11 is 1.75. The van der Waals surface area contributed by atoms with Crippen molar-refractivity contribution in [1.82, 2.24) is 4.90 Å². The Hall–Kier alpha value is -2.34. The molecule has 1 aromatic carbocycles. The smallest absolute Gasteiger partial charge is 0.254 e. The summed E-state index contributed by atoms with van der Waals surface area (Å²) in [6, 6.07) is 8.92. The molecule has 0 aliphatic carbocycles. The van der Waals surface area contributed by atoms with Crippen molar-refractivity contribution in [3.05, 3.63) is 57.3 Å². The van der Waals surface area contributed by atoms with Gasteiger partial charge in [-0.05, 0) is 35.6 Å². The number of hydrogen-bond donors (Lipinski definition) is 2. The minimum atomic E-state index is -0.0283. The van der Waals surface area contributed by atoms with Crippen molar-refractivity contribution in [3.8, 4) is 0 Å². The largest absolute Gasteiger partial charge is 0.409 e. The fourth-order valence-electron chi connectivity index (χ4n) is 2.47. The predicted octanol–water partition coefficient (Wildman–Crippen LogP) is 2.04. The normalized spacial score (nSPS) is 14.9. The first kappa shape index (κ1) is 13.6. The van der Waals surface area contributed by atoms with Crippen molar-refractivity contribution >= 4 is 23.1 Å². The van der Waals surface area contributed by atoms with Crippen molar-refractivity contribution in [1.29, 1.82) is 0 Å². The van der Waals surface area contributed by atoms with Gasteiger partial charge in [0, 0.05) is 29.1 Å². The molecule has 2 aromatic rings. The summed E-state index contributed by atoms with van der Waals surface area (Å²) in [5.74, 6) is -0.0251. The number of benzene rings is 1. The Morgan fingerprint density at radius 1 is 1.33 bits per heavy atom. The number of fused-ring (bicyclic) bond motifs is 1. The number of nitrogens with zero attached hydrogens (tertiary/aromatic N) is 2. The number of amidine groups is 1. The van der Waals surface area contributed by atoms with Gasteiger partial charge in [-0.25, -0.2) is 0 Å². The van der Waals surface area contributed by atoms with Crippen molar-refractivity contribution in [2.75, 3.05) is 6.54 Å². The lowest BCUT2D eigenvalue weighted by atomic mass is 10.1. The van der Waals surface area contributed by atoms with Gasteiger partial charge in [0.2, 0.25) is 0 Å². The van der Waals surface area contributed by atoms with E-state index < -0.39 is 0 Å². The Morgan fingerprint density at radius 3 is 2.95 bits per heavy atom. The monoisotopic (exact) mass is 301 g/mol. The maximum atomic E-state index is 12.6. The molecular formula is C15H15N3O2S. The molecule has 2 heterocycles. The lowest BCUT2D eigenvalue weighted by molar-refractivity contribution is 0.0736. The number of nitrogens with two attached hydrogens (primary N) is 1. The molecule has 108 valence electrons. The summed E-state index contributed by atoms with van der Waals surface area (Å²) in [5, 5.41) is 13.8. The quantitative estimate of drug-likeness (QED) is 0.385. The van der Waals surface area contributed by atoms with Gasteiger partial charge in [-0.15, -0.1) is 11.3 Å². The molecule has 21 heavy (non-hydrogen) atoms. The van der Waals surface area contributed by atoms with Crippen LogP contribution in [0.4, 0.5) is 0 Å². The molecule has 5 nitrogen and oxygen atoms in total. The van der Waals surface area contributed by atoms with Gasteiger partial charge >= 0.3 is 0 Å². The maximum absolute atomic E-state index is 12.6. The standard InChI is InChI=1S/C15H15N3O2S/c16-14(17-20)10-2-1-3-11(8-10)15(19)18-6-4-13-12(9-18)5-7-21-13/h1-3,5,7-8,20H,4,6,9H2,(H2,16,17). The summed E-state index contributed by atoms with van der Waals surface area (Å²) in [6.07, 6.45) is 0.901. The van der Waals surface area contributed by atoms with Gasteiger partial charge < -0.3 is 15.8 Å². The van der Waals surface area contributed by atoms with Crippen molar-refractivity contribution in [3.63, 3.8) is 0 Å². The van der Waals surface area contributed by atoms with Crippen LogP contribution in [0.2, 0.25) is 0 Å². The van der Waals surface area contributed by atoms with E-state index in [1.165, 1.54) is 10.4 Å². The van der Waals surface area contributed by atoms with Gasteiger partial charge in [-0.2, -0.15) is 0 Å². The van der Waals surface area contributed by atoms with Crippen LogP contribution in [0.5, 0.6) is 0 Å². The van der Waals surface area contributed by atoms with E-state index in [2.05, 4.69) is 16.6 Å². The Kier molecular flexibility index (Phi) is 3.62. The number of carbonyl (C=O) groups excluding carboxylic acids is 1. The molecule has 1 aliphatic rings. The molecule has 0 bridgehead atoms. The second-order valence-corrected chi connectivity index (χ2v) is 5.91. The highest BCUT2D eigenvalue weighted by Crippen LogP contribution is 2.25. The zero-order valence-electron chi connectivity index (χ0n) is 11.3. The van der Waals surface area contributed by atoms with Gasteiger partial charge in [0.1, 0.15) is 0 Å². The molecule has 1 amide bonds. The van der Waals surface area contributed by atoms with Gasteiger partial charge in [0.15, 0.2) is 5.84 Å². The first-order valence-corrected chi connectivity index (χ1v) is 7.49. The Labute approximate surface area is 126 Å². The predicted molar refractivity (Wildman–Crippen MR) is 81.7 cm³/mol. The Bertz CT molecular complexity index is 708. The zero-order chi connectivity index (χ0) is 14.8. The summed E-state index contributed by atoms with van der Waals surface area (Å²) in [7, 11) is 0. The number of hydrogen-bond acceptors (Lipinski definition) is 4. The number of oxime groups is 1.